The molecule has 2 fully saturated rings. The van der Waals surface area contributed by atoms with Crippen LogP contribution >= 0.6 is 0 Å². The second-order valence-corrected chi connectivity index (χ2v) is 10.2. The third kappa shape index (κ3) is 4.97. The highest BCUT2D eigenvalue weighted by molar-refractivity contribution is 6.06. The summed E-state index contributed by atoms with van der Waals surface area (Å²) in [5.41, 5.74) is 5.27. The Hall–Kier alpha value is -3.90. The van der Waals surface area contributed by atoms with Crippen LogP contribution in [0, 0.1) is 18.7 Å². The Morgan fingerprint density at radius 3 is 2.72 bits per heavy atom. The van der Waals surface area contributed by atoms with Crippen LogP contribution in [0.15, 0.2) is 28.0 Å². The number of piperazine rings is 1. The summed E-state index contributed by atoms with van der Waals surface area (Å²) >= 11 is 0. The number of pyridine rings is 1. The van der Waals surface area contributed by atoms with Gasteiger partial charge in [-0.15, -0.1) is 0 Å². The molecule has 6 rings (SSSR count). The number of anilines is 2. The van der Waals surface area contributed by atoms with E-state index in [0.717, 1.165) is 37.3 Å². The molecule has 12 heteroatoms. The highest BCUT2D eigenvalue weighted by Crippen LogP contribution is 2.36. The number of nitrogens with one attached hydrogen (secondary N) is 2. The molecule has 1 aliphatic carbocycles. The van der Waals surface area contributed by atoms with Crippen molar-refractivity contribution in [1.82, 2.24) is 24.9 Å². The second-order valence-electron chi connectivity index (χ2n) is 10.2. The molecule has 0 unspecified atom stereocenters. The van der Waals surface area contributed by atoms with Gasteiger partial charge in [0.05, 0.1) is 35.4 Å². The first-order valence-electron chi connectivity index (χ1n) is 13.3. The number of carbonyl (C=O) groups excluding carboxylic acids is 1. The molecule has 3 aliphatic rings. The molecule has 3 aromatic rings. The largest absolute Gasteiger partial charge is 0.368 e. The van der Waals surface area contributed by atoms with Crippen LogP contribution in [0.5, 0.6) is 0 Å². The minimum atomic E-state index is -0.507. The van der Waals surface area contributed by atoms with Crippen LogP contribution in [0.2, 0.25) is 0 Å². The Morgan fingerprint density at radius 2 is 2.00 bits per heavy atom. The first kappa shape index (κ1) is 25.4. The van der Waals surface area contributed by atoms with E-state index in [-0.39, 0.29) is 11.4 Å². The van der Waals surface area contributed by atoms with Crippen LogP contribution in [0.4, 0.5) is 21.6 Å². The number of hydroxylamine groups is 1. The van der Waals surface area contributed by atoms with Crippen LogP contribution in [0.1, 0.15) is 41.5 Å². The predicted molar refractivity (Wildman–Crippen MR) is 146 cm³/mol. The zero-order valence-electron chi connectivity index (χ0n) is 22.0. The molecule has 1 amide bonds. The van der Waals surface area contributed by atoms with Gasteiger partial charge in [-0.25, -0.2) is 24.6 Å². The van der Waals surface area contributed by atoms with Crippen LogP contribution in [0.25, 0.3) is 10.9 Å². The summed E-state index contributed by atoms with van der Waals surface area (Å²) in [5, 5.41) is 3.61. The van der Waals surface area contributed by atoms with Gasteiger partial charge in [-0.05, 0) is 50.8 Å². The van der Waals surface area contributed by atoms with Gasteiger partial charge >= 0.3 is 5.69 Å². The highest BCUT2D eigenvalue weighted by atomic mass is 19.1. The lowest BCUT2D eigenvalue weighted by molar-refractivity contribution is 0.0266. The minimum absolute atomic E-state index is 0.0546. The van der Waals surface area contributed by atoms with Crippen molar-refractivity contribution in [3.63, 3.8) is 0 Å². The molecule has 2 aliphatic heterocycles. The van der Waals surface area contributed by atoms with Crippen molar-refractivity contribution in [3.05, 3.63) is 51.5 Å². The van der Waals surface area contributed by atoms with E-state index in [1.54, 1.807) is 12.1 Å². The molecule has 4 heterocycles. The zero-order chi connectivity index (χ0) is 27.1. The van der Waals surface area contributed by atoms with E-state index in [1.165, 1.54) is 10.9 Å². The lowest BCUT2D eigenvalue weighted by atomic mass is 10.1. The van der Waals surface area contributed by atoms with Crippen molar-refractivity contribution >= 4 is 40.3 Å². The van der Waals surface area contributed by atoms with Crippen LogP contribution < -0.4 is 21.4 Å². The first-order chi connectivity index (χ1) is 18.9. The maximum atomic E-state index is 15.6. The van der Waals surface area contributed by atoms with Gasteiger partial charge in [0.1, 0.15) is 17.0 Å². The SMILES string of the molecule is CCn1c2c3c(cc(CN4CCN(c5ccc(C(=O)NOCC6CC6)nc5C)CC4)c(F)c3nc1=O)NC=N2. The summed E-state index contributed by atoms with van der Waals surface area (Å²) in [7, 11) is 0. The summed E-state index contributed by atoms with van der Waals surface area (Å²) in [6.07, 6.45) is 3.83. The zero-order valence-corrected chi connectivity index (χ0v) is 22.0. The van der Waals surface area contributed by atoms with E-state index in [1.807, 2.05) is 19.9 Å². The lowest BCUT2D eigenvalue weighted by Gasteiger charge is -2.36. The van der Waals surface area contributed by atoms with Crippen molar-refractivity contribution in [2.24, 2.45) is 10.9 Å². The molecule has 39 heavy (non-hydrogen) atoms. The summed E-state index contributed by atoms with van der Waals surface area (Å²) in [4.78, 5) is 47.4. The summed E-state index contributed by atoms with van der Waals surface area (Å²) in [6, 6.07) is 5.42. The molecule has 0 atom stereocenters. The Bertz CT molecular complexity index is 1530. The number of hydrogen-bond acceptors (Lipinski definition) is 9. The molecule has 1 aromatic carbocycles. The maximum Gasteiger partial charge on any atom is 0.349 e. The molecule has 1 saturated heterocycles. The normalized spacial score (nSPS) is 16.9. The van der Waals surface area contributed by atoms with Crippen molar-refractivity contribution in [3.8, 4) is 0 Å². The van der Waals surface area contributed by atoms with Gasteiger partial charge in [-0.2, -0.15) is 4.98 Å². The van der Waals surface area contributed by atoms with E-state index >= 15 is 4.39 Å². The molecular weight excluding hydrogens is 503 g/mol. The van der Waals surface area contributed by atoms with Crippen LogP contribution in [-0.2, 0) is 17.9 Å². The average Bonchev–Trinajstić information content (AvgIpc) is 3.76. The number of amides is 1. The predicted octanol–water partition coefficient (Wildman–Crippen LogP) is 2.74. The molecule has 0 bridgehead atoms. The van der Waals surface area contributed by atoms with Crippen molar-refractivity contribution in [2.45, 2.75) is 39.8 Å². The smallest absolute Gasteiger partial charge is 0.349 e. The lowest BCUT2D eigenvalue weighted by Crippen LogP contribution is -2.46. The number of aromatic nitrogens is 3. The van der Waals surface area contributed by atoms with E-state index in [4.69, 9.17) is 4.84 Å². The maximum absolute atomic E-state index is 15.6. The summed E-state index contributed by atoms with van der Waals surface area (Å²) in [6.45, 7) is 7.96. The van der Waals surface area contributed by atoms with E-state index in [0.29, 0.717) is 66.9 Å². The molecule has 2 aromatic heterocycles. The van der Waals surface area contributed by atoms with Gasteiger partial charge in [0.25, 0.3) is 5.91 Å². The standard InChI is InChI=1S/C27H31FN8O3/c1-3-36-25-22-20(29-15-30-25)12-18(23(28)24(22)32-27(36)38)13-34-8-10-35(11-9-34)21-7-6-19(31-16(21)2)26(37)33-39-14-17-4-5-17/h6-7,12,15,17H,3-5,8-11,13-14H2,1-2H3,(H,29,30)(H,33,37). The van der Waals surface area contributed by atoms with Gasteiger partial charge in [-0.1, -0.05) is 0 Å². The van der Waals surface area contributed by atoms with Gasteiger partial charge in [0, 0.05) is 44.8 Å². The second kappa shape index (κ2) is 10.3. The monoisotopic (exact) mass is 534 g/mol. The van der Waals surface area contributed by atoms with Crippen molar-refractivity contribution in [2.75, 3.05) is 43.0 Å². The van der Waals surface area contributed by atoms with E-state index in [9.17, 15) is 9.59 Å². The van der Waals surface area contributed by atoms with Crippen LogP contribution in [-0.4, -0.2) is 64.5 Å². The Kier molecular flexibility index (Phi) is 6.73. The van der Waals surface area contributed by atoms with Gasteiger partial charge in [-0.3, -0.25) is 19.1 Å². The Morgan fingerprint density at radius 1 is 1.21 bits per heavy atom. The van der Waals surface area contributed by atoms with E-state index in [2.05, 4.69) is 35.6 Å². The van der Waals surface area contributed by atoms with E-state index < -0.39 is 11.5 Å². The van der Waals surface area contributed by atoms with Crippen LogP contribution in [0.3, 0.4) is 0 Å². The van der Waals surface area contributed by atoms with Gasteiger partial charge in [0.2, 0.25) is 0 Å². The minimum Gasteiger partial charge on any atom is -0.368 e. The molecule has 2 N–H and O–H groups in total. The molecule has 204 valence electrons. The number of nitrogens with zero attached hydrogens (tertiary/aromatic N) is 6. The topological polar surface area (TPSA) is 117 Å². The molecule has 11 nitrogen and oxygen atoms in total. The molecular formula is C27H31FN8O3. The first-order valence-corrected chi connectivity index (χ1v) is 13.3. The number of benzene rings is 1. The number of aliphatic imine (C=N–C) groups is 1. The van der Waals surface area contributed by atoms with Crippen molar-refractivity contribution < 1.29 is 14.0 Å². The Labute approximate surface area is 224 Å². The summed E-state index contributed by atoms with van der Waals surface area (Å²) < 4.78 is 17.0. The molecule has 0 spiro atoms. The number of carbonyl (C=O) groups is 1. The fourth-order valence-electron chi connectivity index (χ4n) is 5.19. The number of rotatable bonds is 8. The number of aryl methyl sites for hydroxylation is 1. The number of hydrogen-bond donors (Lipinski definition) is 2. The third-order valence-electron chi connectivity index (χ3n) is 7.53. The quantitative estimate of drug-likeness (QED) is 0.424. The van der Waals surface area contributed by atoms with Gasteiger partial charge in [0.15, 0.2) is 5.82 Å². The number of halogens is 1. The molecule has 0 radical (unpaired) electrons. The average molecular weight is 535 g/mol. The third-order valence-corrected chi connectivity index (χ3v) is 7.53. The summed E-state index contributed by atoms with van der Waals surface area (Å²) in [5.74, 6) is 0.161. The molecule has 1 saturated carbocycles. The van der Waals surface area contributed by atoms with Crippen molar-refractivity contribution in [1.29, 1.82) is 0 Å². The fraction of sp³-hybridized carbons (Fsp3) is 0.444. The fourth-order valence-corrected chi connectivity index (χ4v) is 5.19. The van der Waals surface area contributed by atoms with Gasteiger partial charge < -0.3 is 10.2 Å². The highest BCUT2D eigenvalue weighted by Gasteiger charge is 2.25. The Balaban J connectivity index is 1.13.